The fraction of sp³-hybridized carbons (Fsp3) is 1.00. The highest BCUT2D eigenvalue weighted by Crippen LogP contribution is 2.14. The molecule has 0 bridgehead atoms. The largest absolute Gasteiger partial charge is 0.301 e. The van der Waals surface area contributed by atoms with E-state index in [1.807, 2.05) is 0 Å². The first-order valence-electron chi connectivity index (χ1n) is 6.08. The Kier molecular flexibility index (Phi) is 5.45. The molecule has 1 atom stereocenters. The molecule has 0 aliphatic carbocycles. The van der Waals surface area contributed by atoms with Gasteiger partial charge in [0.15, 0.2) is 0 Å². The summed E-state index contributed by atoms with van der Waals surface area (Å²) in [6, 6.07) is 0.804. The smallest absolute Gasteiger partial charge is 0.00643 e. The van der Waals surface area contributed by atoms with Crippen LogP contribution in [-0.4, -0.2) is 24.0 Å². The van der Waals surface area contributed by atoms with Crippen LogP contribution in [-0.2, 0) is 0 Å². The van der Waals surface area contributed by atoms with Crippen molar-refractivity contribution >= 4 is 0 Å². The third kappa shape index (κ3) is 4.12. The molecule has 0 N–H and O–H groups in total. The molecule has 0 amide bonds. The van der Waals surface area contributed by atoms with Gasteiger partial charge in [-0.2, -0.15) is 0 Å². The molecule has 0 aromatic heterocycles. The van der Waals surface area contributed by atoms with Crippen molar-refractivity contribution in [2.24, 2.45) is 0 Å². The van der Waals surface area contributed by atoms with Gasteiger partial charge in [-0.1, -0.05) is 32.6 Å². The quantitative estimate of drug-likeness (QED) is 0.634. The van der Waals surface area contributed by atoms with Crippen LogP contribution < -0.4 is 0 Å². The molecule has 0 radical (unpaired) electrons. The van der Waals surface area contributed by atoms with Crippen molar-refractivity contribution < 1.29 is 0 Å². The van der Waals surface area contributed by atoms with Gasteiger partial charge in [-0.3, -0.25) is 0 Å². The SMILES string of the molecule is CCC(C)N1CCCCCCCC1. The van der Waals surface area contributed by atoms with E-state index < -0.39 is 0 Å². The lowest BCUT2D eigenvalue weighted by Crippen LogP contribution is -2.34. The molecular weight excluding hydrogens is 158 g/mol. The van der Waals surface area contributed by atoms with Gasteiger partial charge in [-0.25, -0.2) is 0 Å². The van der Waals surface area contributed by atoms with Crippen LogP contribution in [0.1, 0.15) is 58.8 Å². The van der Waals surface area contributed by atoms with E-state index in [1.165, 1.54) is 58.0 Å². The second-order valence-electron chi connectivity index (χ2n) is 4.41. The summed E-state index contributed by atoms with van der Waals surface area (Å²) in [7, 11) is 0. The van der Waals surface area contributed by atoms with E-state index in [9.17, 15) is 0 Å². The summed E-state index contributed by atoms with van der Waals surface area (Å²) >= 11 is 0. The van der Waals surface area contributed by atoms with Crippen LogP contribution in [0.2, 0.25) is 0 Å². The molecule has 1 heterocycles. The Morgan fingerprint density at radius 2 is 1.38 bits per heavy atom. The minimum absolute atomic E-state index is 0.804. The summed E-state index contributed by atoms with van der Waals surface area (Å²) in [5.41, 5.74) is 0. The molecule has 1 rings (SSSR count). The maximum Gasteiger partial charge on any atom is 0.00643 e. The van der Waals surface area contributed by atoms with Crippen molar-refractivity contribution in [1.29, 1.82) is 0 Å². The van der Waals surface area contributed by atoms with Crippen molar-refractivity contribution in [3.8, 4) is 0 Å². The van der Waals surface area contributed by atoms with Crippen molar-refractivity contribution in [3.05, 3.63) is 0 Å². The van der Waals surface area contributed by atoms with Gasteiger partial charge in [0.1, 0.15) is 0 Å². The molecule has 1 heteroatoms. The van der Waals surface area contributed by atoms with Crippen molar-refractivity contribution in [2.75, 3.05) is 13.1 Å². The van der Waals surface area contributed by atoms with E-state index in [1.54, 1.807) is 0 Å². The van der Waals surface area contributed by atoms with Crippen molar-refractivity contribution in [3.63, 3.8) is 0 Å². The lowest BCUT2D eigenvalue weighted by molar-refractivity contribution is 0.200. The predicted molar refractivity (Wildman–Crippen MR) is 59.0 cm³/mol. The molecule has 78 valence electrons. The van der Waals surface area contributed by atoms with Gasteiger partial charge in [0.25, 0.3) is 0 Å². The Bertz CT molecular complexity index is 112. The lowest BCUT2D eigenvalue weighted by Gasteiger charge is -2.27. The maximum absolute atomic E-state index is 2.69. The normalized spacial score (nSPS) is 24.5. The molecule has 0 spiro atoms. The molecule has 1 aliphatic rings. The molecule has 13 heavy (non-hydrogen) atoms. The van der Waals surface area contributed by atoms with Crippen LogP contribution in [0.5, 0.6) is 0 Å². The highest BCUT2D eigenvalue weighted by Gasteiger charge is 2.11. The fourth-order valence-electron chi connectivity index (χ4n) is 2.15. The first kappa shape index (κ1) is 11.0. The first-order valence-corrected chi connectivity index (χ1v) is 6.08. The Hall–Kier alpha value is -0.0400. The summed E-state index contributed by atoms with van der Waals surface area (Å²) in [6.45, 7) is 7.36. The number of rotatable bonds is 2. The Labute approximate surface area is 83.5 Å². The van der Waals surface area contributed by atoms with E-state index in [-0.39, 0.29) is 0 Å². The third-order valence-corrected chi connectivity index (χ3v) is 3.35. The summed E-state index contributed by atoms with van der Waals surface area (Å²) < 4.78 is 0. The minimum Gasteiger partial charge on any atom is -0.301 e. The van der Waals surface area contributed by atoms with Gasteiger partial charge in [0.05, 0.1) is 0 Å². The van der Waals surface area contributed by atoms with Crippen molar-refractivity contribution in [1.82, 2.24) is 4.90 Å². The highest BCUT2D eigenvalue weighted by molar-refractivity contribution is 4.67. The minimum atomic E-state index is 0.804. The summed E-state index contributed by atoms with van der Waals surface area (Å²) in [4.78, 5) is 2.69. The summed E-state index contributed by atoms with van der Waals surface area (Å²) in [6.07, 6.45) is 9.98. The summed E-state index contributed by atoms with van der Waals surface area (Å²) in [5, 5.41) is 0. The Morgan fingerprint density at radius 3 is 1.85 bits per heavy atom. The first-order chi connectivity index (χ1) is 6.34. The van der Waals surface area contributed by atoms with E-state index in [0.29, 0.717) is 0 Å². The topological polar surface area (TPSA) is 3.24 Å². The average Bonchev–Trinajstić information content (AvgIpc) is 2.29. The number of hydrogen-bond donors (Lipinski definition) is 0. The van der Waals surface area contributed by atoms with Crippen LogP contribution >= 0.6 is 0 Å². The molecule has 1 nitrogen and oxygen atoms in total. The van der Waals surface area contributed by atoms with Gasteiger partial charge in [0.2, 0.25) is 0 Å². The summed E-state index contributed by atoms with van der Waals surface area (Å²) in [5.74, 6) is 0. The van der Waals surface area contributed by atoms with Crippen LogP contribution in [0.15, 0.2) is 0 Å². The third-order valence-electron chi connectivity index (χ3n) is 3.35. The highest BCUT2D eigenvalue weighted by atomic mass is 15.1. The van der Waals surface area contributed by atoms with Gasteiger partial charge in [-0.15, -0.1) is 0 Å². The van der Waals surface area contributed by atoms with E-state index in [2.05, 4.69) is 18.7 Å². The fourth-order valence-corrected chi connectivity index (χ4v) is 2.15. The van der Waals surface area contributed by atoms with E-state index in [0.717, 1.165) is 6.04 Å². The Morgan fingerprint density at radius 1 is 0.923 bits per heavy atom. The molecule has 1 unspecified atom stereocenters. The second-order valence-corrected chi connectivity index (χ2v) is 4.41. The number of nitrogens with zero attached hydrogens (tertiary/aromatic N) is 1. The molecule has 1 saturated heterocycles. The molecule has 1 fully saturated rings. The van der Waals surface area contributed by atoms with Crippen LogP contribution in [0.3, 0.4) is 0 Å². The van der Waals surface area contributed by atoms with Crippen molar-refractivity contribution in [2.45, 2.75) is 64.8 Å². The predicted octanol–water partition coefficient (Wildman–Crippen LogP) is 3.44. The van der Waals surface area contributed by atoms with Crippen LogP contribution in [0, 0.1) is 0 Å². The van der Waals surface area contributed by atoms with Gasteiger partial charge in [-0.05, 0) is 39.3 Å². The Balaban J connectivity index is 2.31. The zero-order valence-corrected chi connectivity index (χ0v) is 9.39. The monoisotopic (exact) mass is 183 g/mol. The molecule has 0 saturated carbocycles. The van der Waals surface area contributed by atoms with E-state index in [4.69, 9.17) is 0 Å². The molecular formula is C12H25N. The zero-order chi connectivity index (χ0) is 9.52. The van der Waals surface area contributed by atoms with Crippen LogP contribution in [0.4, 0.5) is 0 Å². The van der Waals surface area contributed by atoms with Gasteiger partial charge < -0.3 is 4.90 Å². The molecule has 0 aromatic carbocycles. The molecule has 1 aliphatic heterocycles. The van der Waals surface area contributed by atoms with Crippen LogP contribution in [0.25, 0.3) is 0 Å². The zero-order valence-electron chi connectivity index (χ0n) is 9.39. The van der Waals surface area contributed by atoms with Gasteiger partial charge >= 0.3 is 0 Å². The maximum atomic E-state index is 2.69. The molecule has 0 aromatic rings. The average molecular weight is 183 g/mol. The van der Waals surface area contributed by atoms with E-state index >= 15 is 0 Å². The van der Waals surface area contributed by atoms with Gasteiger partial charge in [0, 0.05) is 6.04 Å². The standard InChI is InChI=1S/C12H25N/c1-3-12(2)13-10-8-6-4-5-7-9-11-13/h12H,3-11H2,1-2H3. The second kappa shape index (κ2) is 6.42. The number of hydrogen-bond acceptors (Lipinski definition) is 1. The lowest BCUT2D eigenvalue weighted by atomic mass is 10.1.